The molecule has 5 heteroatoms. The number of hydrogen-bond donors (Lipinski definition) is 2. The molecule has 1 fully saturated rings. The van der Waals surface area contributed by atoms with E-state index in [9.17, 15) is 0 Å². The highest BCUT2D eigenvalue weighted by Gasteiger charge is 2.21. The van der Waals surface area contributed by atoms with Gasteiger partial charge in [0.2, 0.25) is 5.95 Å². The lowest BCUT2D eigenvalue weighted by Crippen LogP contribution is -2.18. The Bertz CT molecular complexity index is 557. The number of nitrogen functional groups attached to an aromatic ring is 1. The molecular weight excluding hydrogens is 292 g/mol. The Balaban J connectivity index is 2.14. The van der Waals surface area contributed by atoms with Crippen molar-refractivity contribution in [3.63, 3.8) is 0 Å². The minimum absolute atomic E-state index is 0.518. The molecule has 1 aliphatic carbocycles. The molecule has 0 atom stereocenters. The van der Waals surface area contributed by atoms with Gasteiger partial charge in [0, 0.05) is 10.5 Å². The van der Waals surface area contributed by atoms with E-state index in [0.29, 0.717) is 6.04 Å². The van der Waals surface area contributed by atoms with E-state index < -0.39 is 0 Å². The van der Waals surface area contributed by atoms with E-state index in [-0.39, 0.29) is 0 Å². The summed E-state index contributed by atoms with van der Waals surface area (Å²) in [6.45, 7) is 0. The Kier molecular flexibility index (Phi) is 3.26. The predicted molar refractivity (Wildman–Crippen MR) is 77.4 cm³/mol. The molecule has 18 heavy (non-hydrogen) atoms. The number of hydrazine groups is 1. The number of hydrogen-bond acceptors (Lipinski definition) is 3. The van der Waals surface area contributed by atoms with Gasteiger partial charge in [-0.2, -0.15) is 0 Å². The van der Waals surface area contributed by atoms with Crippen LogP contribution in [0.4, 0.5) is 5.95 Å². The molecule has 0 amide bonds. The fourth-order valence-corrected chi connectivity index (χ4v) is 3.23. The molecule has 3 rings (SSSR count). The molecule has 1 heterocycles. The highest BCUT2D eigenvalue weighted by Crippen LogP contribution is 2.34. The second-order valence-electron chi connectivity index (χ2n) is 4.87. The van der Waals surface area contributed by atoms with Crippen molar-refractivity contribution in [3.8, 4) is 0 Å². The molecular formula is C13H17BrN4. The molecule has 0 radical (unpaired) electrons. The molecule has 1 aromatic carbocycles. The van der Waals surface area contributed by atoms with Crippen LogP contribution >= 0.6 is 15.9 Å². The lowest BCUT2D eigenvalue weighted by Gasteiger charge is -2.25. The normalized spacial score (nSPS) is 17.2. The molecule has 1 aromatic heterocycles. The van der Waals surface area contributed by atoms with E-state index >= 15 is 0 Å². The van der Waals surface area contributed by atoms with E-state index in [0.717, 1.165) is 21.5 Å². The van der Waals surface area contributed by atoms with Crippen LogP contribution in [0.15, 0.2) is 22.7 Å². The number of nitrogens with one attached hydrogen (secondary N) is 1. The van der Waals surface area contributed by atoms with Crippen molar-refractivity contribution in [2.24, 2.45) is 5.84 Å². The molecule has 0 aliphatic heterocycles. The molecule has 1 saturated carbocycles. The van der Waals surface area contributed by atoms with Crippen molar-refractivity contribution in [2.45, 2.75) is 38.1 Å². The second kappa shape index (κ2) is 4.90. The van der Waals surface area contributed by atoms with Crippen LogP contribution in [0.25, 0.3) is 11.0 Å². The quantitative estimate of drug-likeness (QED) is 0.658. The molecule has 0 bridgehead atoms. The summed E-state index contributed by atoms with van der Waals surface area (Å²) < 4.78 is 3.34. The van der Waals surface area contributed by atoms with Crippen molar-refractivity contribution >= 4 is 32.9 Å². The van der Waals surface area contributed by atoms with Gasteiger partial charge in [-0.15, -0.1) is 0 Å². The molecule has 4 nitrogen and oxygen atoms in total. The molecule has 3 N–H and O–H groups in total. The van der Waals surface area contributed by atoms with Crippen LogP contribution in [0.2, 0.25) is 0 Å². The average Bonchev–Trinajstić information content (AvgIpc) is 2.77. The van der Waals surface area contributed by atoms with Gasteiger partial charge < -0.3 is 4.57 Å². The minimum atomic E-state index is 0.518. The third-order valence-electron chi connectivity index (χ3n) is 3.72. The maximum Gasteiger partial charge on any atom is 0.218 e. The number of fused-ring (bicyclic) bond motifs is 1. The van der Waals surface area contributed by atoms with Gasteiger partial charge in [0.15, 0.2) is 0 Å². The van der Waals surface area contributed by atoms with Crippen molar-refractivity contribution in [1.82, 2.24) is 9.55 Å². The largest absolute Gasteiger partial charge is 0.306 e. The van der Waals surface area contributed by atoms with Crippen molar-refractivity contribution in [3.05, 3.63) is 22.7 Å². The van der Waals surface area contributed by atoms with Crippen molar-refractivity contribution in [1.29, 1.82) is 0 Å². The van der Waals surface area contributed by atoms with Crippen LogP contribution < -0.4 is 11.3 Å². The Morgan fingerprint density at radius 2 is 2.06 bits per heavy atom. The summed E-state index contributed by atoms with van der Waals surface area (Å²) in [5, 5.41) is 0. The van der Waals surface area contributed by atoms with E-state index in [2.05, 4.69) is 37.0 Å². The number of halogens is 1. The first kappa shape index (κ1) is 12.0. The van der Waals surface area contributed by atoms with Gasteiger partial charge in [-0.3, -0.25) is 5.43 Å². The van der Waals surface area contributed by atoms with Crippen LogP contribution in [0.1, 0.15) is 38.1 Å². The molecule has 0 unspecified atom stereocenters. The van der Waals surface area contributed by atoms with E-state index in [4.69, 9.17) is 5.84 Å². The molecule has 1 aliphatic rings. The summed E-state index contributed by atoms with van der Waals surface area (Å²) in [7, 11) is 0. The van der Waals surface area contributed by atoms with Crippen LogP contribution in [-0.2, 0) is 0 Å². The fraction of sp³-hybridized carbons (Fsp3) is 0.462. The number of aromatic nitrogens is 2. The molecule has 96 valence electrons. The Hall–Kier alpha value is -1.07. The zero-order valence-corrected chi connectivity index (χ0v) is 11.8. The third kappa shape index (κ3) is 2.01. The van der Waals surface area contributed by atoms with Gasteiger partial charge in [0.25, 0.3) is 0 Å². The summed E-state index contributed by atoms with van der Waals surface area (Å²) >= 11 is 3.53. The number of nitrogens with zero attached hydrogens (tertiary/aromatic N) is 2. The Morgan fingerprint density at radius 1 is 1.28 bits per heavy atom. The van der Waals surface area contributed by atoms with Crippen molar-refractivity contribution in [2.75, 3.05) is 5.43 Å². The summed E-state index contributed by atoms with van der Waals surface area (Å²) in [5.41, 5.74) is 4.89. The lowest BCUT2D eigenvalue weighted by molar-refractivity contribution is 0.362. The summed E-state index contributed by atoms with van der Waals surface area (Å²) in [5.74, 6) is 6.39. The predicted octanol–water partition coefficient (Wildman–Crippen LogP) is 3.59. The summed E-state index contributed by atoms with van der Waals surface area (Å²) in [4.78, 5) is 4.55. The first-order valence-corrected chi connectivity index (χ1v) is 7.23. The highest BCUT2D eigenvalue weighted by atomic mass is 79.9. The van der Waals surface area contributed by atoms with Gasteiger partial charge >= 0.3 is 0 Å². The maximum absolute atomic E-state index is 5.61. The number of anilines is 1. The summed E-state index contributed by atoms with van der Waals surface area (Å²) in [6.07, 6.45) is 6.36. The zero-order chi connectivity index (χ0) is 12.5. The Labute approximate surface area is 115 Å². The molecule has 0 spiro atoms. The smallest absolute Gasteiger partial charge is 0.218 e. The monoisotopic (exact) mass is 308 g/mol. The summed E-state index contributed by atoms with van der Waals surface area (Å²) in [6, 6.07) is 6.68. The maximum atomic E-state index is 5.61. The van der Waals surface area contributed by atoms with Gasteiger partial charge in [-0.1, -0.05) is 35.2 Å². The fourth-order valence-electron chi connectivity index (χ4n) is 2.88. The van der Waals surface area contributed by atoms with Crippen LogP contribution in [-0.4, -0.2) is 9.55 Å². The van der Waals surface area contributed by atoms with Gasteiger partial charge in [0.05, 0.1) is 11.0 Å². The number of benzene rings is 1. The van der Waals surface area contributed by atoms with Gasteiger partial charge in [0.1, 0.15) is 0 Å². The Morgan fingerprint density at radius 3 is 2.78 bits per heavy atom. The topological polar surface area (TPSA) is 55.9 Å². The van der Waals surface area contributed by atoms with E-state index in [1.54, 1.807) is 0 Å². The first-order valence-electron chi connectivity index (χ1n) is 6.43. The number of nitrogens with two attached hydrogens (primary N) is 1. The SMILES string of the molecule is NNc1nc2ccc(Br)cc2n1C1CCCCC1. The minimum Gasteiger partial charge on any atom is -0.306 e. The number of imidazole rings is 1. The standard InChI is InChI=1S/C13H17BrN4/c14-9-6-7-11-12(8-9)18(13(16-11)17-15)10-4-2-1-3-5-10/h6-8,10H,1-5,15H2,(H,16,17). The average molecular weight is 309 g/mol. The van der Waals surface area contributed by atoms with E-state index in [1.165, 1.54) is 32.1 Å². The van der Waals surface area contributed by atoms with Gasteiger partial charge in [-0.25, -0.2) is 10.8 Å². The zero-order valence-electron chi connectivity index (χ0n) is 10.2. The van der Waals surface area contributed by atoms with Crippen LogP contribution in [0, 0.1) is 0 Å². The first-order chi connectivity index (χ1) is 8.79. The van der Waals surface area contributed by atoms with Gasteiger partial charge in [-0.05, 0) is 31.0 Å². The number of rotatable bonds is 2. The molecule has 0 saturated heterocycles. The van der Waals surface area contributed by atoms with Crippen molar-refractivity contribution < 1.29 is 0 Å². The third-order valence-corrected chi connectivity index (χ3v) is 4.21. The van der Waals surface area contributed by atoms with Crippen LogP contribution in [0.3, 0.4) is 0 Å². The van der Waals surface area contributed by atoms with Crippen LogP contribution in [0.5, 0.6) is 0 Å². The lowest BCUT2D eigenvalue weighted by atomic mass is 9.95. The second-order valence-corrected chi connectivity index (χ2v) is 5.79. The molecule has 2 aromatic rings. The highest BCUT2D eigenvalue weighted by molar-refractivity contribution is 9.10. The van der Waals surface area contributed by atoms with E-state index in [1.807, 2.05) is 12.1 Å².